The SMILES string of the molecule is CC(C)N1CCNCC1N.NC(=O)O. The van der Waals surface area contributed by atoms with Gasteiger partial charge < -0.3 is 21.9 Å². The van der Waals surface area contributed by atoms with Crippen LogP contribution in [-0.2, 0) is 0 Å². The molecule has 1 heterocycles. The van der Waals surface area contributed by atoms with Gasteiger partial charge in [-0.05, 0) is 13.8 Å². The lowest BCUT2D eigenvalue weighted by molar-refractivity contribution is 0.127. The molecule has 0 saturated carbocycles. The molecule has 6 N–H and O–H groups in total. The van der Waals surface area contributed by atoms with Crippen molar-refractivity contribution in [3.8, 4) is 0 Å². The lowest BCUT2D eigenvalue weighted by Crippen LogP contribution is -2.57. The van der Waals surface area contributed by atoms with Gasteiger partial charge >= 0.3 is 6.09 Å². The maximum Gasteiger partial charge on any atom is 0.402 e. The molecule has 0 aromatic carbocycles. The maximum atomic E-state index is 8.78. The molecule has 1 amide bonds. The molecule has 1 unspecified atom stereocenters. The van der Waals surface area contributed by atoms with Gasteiger partial charge in [-0.1, -0.05) is 0 Å². The van der Waals surface area contributed by atoms with Gasteiger partial charge in [-0.2, -0.15) is 0 Å². The number of carbonyl (C=O) groups is 1. The van der Waals surface area contributed by atoms with Gasteiger partial charge in [0.25, 0.3) is 0 Å². The summed E-state index contributed by atoms with van der Waals surface area (Å²) >= 11 is 0. The molecule has 1 aliphatic rings. The summed E-state index contributed by atoms with van der Waals surface area (Å²) < 4.78 is 0. The number of rotatable bonds is 1. The Bertz CT molecular complexity index is 171. The zero-order valence-corrected chi connectivity index (χ0v) is 8.73. The Balaban J connectivity index is 0.000000364. The molecule has 84 valence electrons. The standard InChI is InChI=1S/C7H17N3.CH3NO2/c1-6(2)10-4-3-9-5-7(10)8;2-1(3)4/h6-7,9H,3-5,8H2,1-2H3;2H2,(H,3,4). The molecule has 14 heavy (non-hydrogen) atoms. The molecule has 1 rings (SSSR count). The predicted octanol–water partition coefficient (Wildman–Crippen LogP) is -0.792. The van der Waals surface area contributed by atoms with Crippen LogP contribution in [0.1, 0.15) is 13.8 Å². The molecule has 0 spiro atoms. The fourth-order valence-corrected chi connectivity index (χ4v) is 1.38. The Labute approximate surface area is 84.2 Å². The third-order valence-corrected chi connectivity index (χ3v) is 1.99. The molecule has 1 atom stereocenters. The zero-order valence-electron chi connectivity index (χ0n) is 8.73. The van der Waals surface area contributed by atoms with E-state index in [0.717, 1.165) is 19.6 Å². The van der Waals surface area contributed by atoms with E-state index in [1.165, 1.54) is 0 Å². The van der Waals surface area contributed by atoms with Crippen LogP contribution in [0.4, 0.5) is 4.79 Å². The van der Waals surface area contributed by atoms with Crippen LogP contribution in [0.25, 0.3) is 0 Å². The normalized spacial score (nSPS) is 22.7. The number of nitrogens with zero attached hydrogens (tertiary/aromatic N) is 1. The van der Waals surface area contributed by atoms with Crippen molar-refractivity contribution in [2.45, 2.75) is 26.1 Å². The van der Waals surface area contributed by atoms with E-state index < -0.39 is 6.09 Å². The number of nitrogens with two attached hydrogens (primary N) is 2. The summed E-state index contributed by atoms with van der Waals surface area (Å²) in [6.07, 6.45) is -1.12. The number of carboxylic acid groups (broad SMARTS) is 1. The second-order valence-corrected chi connectivity index (χ2v) is 3.44. The number of primary amides is 1. The molecule has 0 aromatic rings. The van der Waals surface area contributed by atoms with Crippen LogP contribution >= 0.6 is 0 Å². The van der Waals surface area contributed by atoms with Gasteiger partial charge in [-0.25, -0.2) is 4.79 Å². The van der Waals surface area contributed by atoms with Crippen molar-refractivity contribution in [3.05, 3.63) is 0 Å². The third-order valence-electron chi connectivity index (χ3n) is 1.99. The van der Waals surface area contributed by atoms with E-state index in [0.29, 0.717) is 6.04 Å². The summed E-state index contributed by atoms with van der Waals surface area (Å²) in [7, 11) is 0. The number of amides is 1. The minimum Gasteiger partial charge on any atom is -0.465 e. The summed E-state index contributed by atoms with van der Waals surface area (Å²) in [6, 6.07) is 0.581. The van der Waals surface area contributed by atoms with Gasteiger partial charge in [-0.15, -0.1) is 0 Å². The summed E-state index contributed by atoms with van der Waals surface area (Å²) in [5, 5.41) is 10.4. The van der Waals surface area contributed by atoms with Gasteiger partial charge in [0.2, 0.25) is 0 Å². The first kappa shape index (κ1) is 13.2. The van der Waals surface area contributed by atoms with Crippen molar-refractivity contribution < 1.29 is 9.90 Å². The average molecular weight is 204 g/mol. The summed E-state index contributed by atoms with van der Waals surface area (Å²) in [6.45, 7) is 7.46. The van der Waals surface area contributed by atoms with Crippen LogP contribution in [0.5, 0.6) is 0 Å². The van der Waals surface area contributed by atoms with Gasteiger partial charge in [0, 0.05) is 25.7 Å². The van der Waals surface area contributed by atoms with Crippen molar-refractivity contribution in [1.29, 1.82) is 0 Å². The Morgan fingerprint density at radius 2 is 2.14 bits per heavy atom. The molecule has 6 heteroatoms. The average Bonchev–Trinajstić information content (AvgIpc) is 2.03. The van der Waals surface area contributed by atoms with E-state index in [-0.39, 0.29) is 6.17 Å². The topological polar surface area (TPSA) is 105 Å². The number of nitrogens with one attached hydrogen (secondary N) is 1. The van der Waals surface area contributed by atoms with Crippen LogP contribution in [-0.4, -0.2) is 47.9 Å². The molecule has 0 bridgehead atoms. The smallest absolute Gasteiger partial charge is 0.402 e. The minimum absolute atomic E-state index is 0.216. The highest BCUT2D eigenvalue weighted by Crippen LogP contribution is 2.02. The van der Waals surface area contributed by atoms with Crippen molar-refractivity contribution in [3.63, 3.8) is 0 Å². The van der Waals surface area contributed by atoms with E-state index in [2.05, 4.69) is 29.8 Å². The first-order valence-corrected chi connectivity index (χ1v) is 4.65. The molecule has 1 saturated heterocycles. The van der Waals surface area contributed by atoms with Crippen LogP contribution in [0.2, 0.25) is 0 Å². The Kier molecular flexibility index (Phi) is 6.18. The van der Waals surface area contributed by atoms with E-state index in [1.54, 1.807) is 0 Å². The van der Waals surface area contributed by atoms with Gasteiger partial charge in [0.15, 0.2) is 0 Å². The molecular formula is C8H20N4O2. The lowest BCUT2D eigenvalue weighted by atomic mass is 10.2. The second kappa shape index (κ2) is 6.58. The fraction of sp³-hybridized carbons (Fsp3) is 0.875. The second-order valence-electron chi connectivity index (χ2n) is 3.44. The molecule has 0 radical (unpaired) electrons. The van der Waals surface area contributed by atoms with Gasteiger partial charge in [-0.3, -0.25) is 4.90 Å². The zero-order chi connectivity index (χ0) is 11.1. The summed E-state index contributed by atoms with van der Waals surface area (Å²) in [4.78, 5) is 11.1. The summed E-state index contributed by atoms with van der Waals surface area (Å²) in [5.41, 5.74) is 9.87. The van der Waals surface area contributed by atoms with Crippen molar-refractivity contribution in [2.75, 3.05) is 19.6 Å². The number of hydrogen-bond donors (Lipinski definition) is 4. The third kappa shape index (κ3) is 5.74. The Morgan fingerprint density at radius 3 is 2.43 bits per heavy atom. The van der Waals surface area contributed by atoms with Crippen LogP contribution < -0.4 is 16.8 Å². The molecule has 0 aliphatic carbocycles. The number of piperazine rings is 1. The van der Waals surface area contributed by atoms with Crippen LogP contribution in [0, 0.1) is 0 Å². The van der Waals surface area contributed by atoms with Crippen LogP contribution in [0.3, 0.4) is 0 Å². The highest BCUT2D eigenvalue weighted by molar-refractivity contribution is 5.61. The Hall–Kier alpha value is -0.850. The highest BCUT2D eigenvalue weighted by atomic mass is 16.4. The van der Waals surface area contributed by atoms with Crippen molar-refractivity contribution >= 4 is 6.09 Å². The largest absolute Gasteiger partial charge is 0.465 e. The van der Waals surface area contributed by atoms with E-state index >= 15 is 0 Å². The lowest BCUT2D eigenvalue weighted by Gasteiger charge is -2.36. The molecule has 1 aliphatic heterocycles. The van der Waals surface area contributed by atoms with Crippen molar-refractivity contribution in [2.24, 2.45) is 11.5 Å². The molecule has 0 aromatic heterocycles. The summed E-state index contributed by atoms with van der Waals surface area (Å²) in [5.74, 6) is 0. The van der Waals surface area contributed by atoms with Crippen molar-refractivity contribution in [1.82, 2.24) is 10.2 Å². The molecular weight excluding hydrogens is 184 g/mol. The molecule has 1 fully saturated rings. The Morgan fingerprint density at radius 1 is 1.64 bits per heavy atom. The van der Waals surface area contributed by atoms with Gasteiger partial charge in [0.1, 0.15) is 0 Å². The monoisotopic (exact) mass is 204 g/mol. The minimum atomic E-state index is -1.33. The highest BCUT2D eigenvalue weighted by Gasteiger charge is 2.19. The van der Waals surface area contributed by atoms with Gasteiger partial charge in [0.05, 0.1) is 6.17 Å². The predicted molar refractivity (Wildman–Crippen MR) is 54.9 cm³/mol. The van der Waals surface area contributed by atoms with Crippen LogP contribution in [0.15, 0.2) is 0 Å². The van der Waals surface area contributed by atoms with E-state index in [4.69, 9.17) is 15.6 Å². The fourth-order valence-electron chi connectivity index (χ4n) is 1.38. The van der Waals surface area contributed by atoms with E-state index in [9.17, 15) is 0 Å². The van der Waals surface area contributed by atoms with E-state index in [1.807, 2.05) is 0 Å². The molecule has 6 nitrogen and oxygen atoms in total. The first-order valence-electron chi connectivity index (χ1n) is 4.65. The maximum absolute atomic E-state index is 8.78. The quantitative estimate of drug-likeness (QED) is 0.448. The first-order chi connectivity index (χ1) is 6.45. The number of hydrogen-bond acceptors (Lipinski definition) is 4.